The number of alkyl halides is 4. The predicted octanol–water partition coefficient (Wildman–Crippen LogP) is 4.26. The Hall–Kier alpha value is -2.75. The van der Waals surface area contributed by atoms with Crippen LogP contribution in [0.25, 0.3) is 0 Å². The number of fused-ring (bicyclic) bond motifs is 2. The summed E-state index contributed by atoms with van der Waals surface area (Å²) in [6, 6.07) is 3.31. The Morgan fingerprint density at radius 2 is 1.94 bits per heavy atom. The molecule has 2 bridgehead atoms. The molecule has 2 unspecified atom stereocenters. The fourth-order valence-electron chi connectivity index (χ4n) is 5.08. The molecule has 2 amide bonds. The summed E-state index contributed by atoms with van der Waals surface area (Å²) < 4.78 is 57.2. The molecule has 1 N–H and O–H groups in total. The van der Waals surface area contributed by atoms with E-state index in [0.717, 1.165) is 6.07 Å². The van der Waals surface area contributed by atoms with Gasteiger partial charge in [0, 0.05) is 36.3 Å². The van der Waals surface area contributed by atoms with E-state index < -0.39 is 52.6 Å². The number of aromatic nitrogens is 2. The number of amides is 2. The first-order chi connectivity index (χ1) is 15.9. The van der Waals surface area contributed by atoms with Crippen molar-refractivity contribution in [1.82, 2.24) is 15.3 Å². The van der Waals surface area contributed by atoms with Gasteiger partial charge in [-0.3, -0.25) is 14.5 Å². The third-order valence-electron chi connectivity index (χ3n) is 6.91. The van der Waals surface area contributed by atoms with Crippen LogP contribution in [0.3, 0.4) is 0 Å². The summed E-state index contributed by atoms with van der Waals surface area (Å²) in [6.07, 6.45) is 3.67. The van der Waals surface area contributed by atoms with Crippen molar-refractivity contribution in [3.05, 3.63) is 53.9 Å². The number of halogens is 5. The Kier molecular flexibility index (Phi) is 6.30. The molecule has 5 atom stereocenters. The number of carbonyl (C=O) groups is 2. The van der Waals surface area contributed by atoms with Crippen LogP contribution >= 0.6 is 11.6 Å². The zero-order valence-corrected chi connectivity index (χ0v) is 19.2. The van der Waals surface area contributed by atoms with Gasteiger partial charge in [-0.2, -0.15) is 0 Å². The lowest BCUT2D eigenvalue weighted by atomic mass is 9.87. The van der Waals surface area contributed by atoms with Gasteiger partial charge in [-0.25, -0.2) is 27.5 Å². The SMILES string of the molecule is Cc1ccc(N(C(=O)[C@H](F)Cl)[C@](C)(C(=O)N[C@@H]2CC3CC2CC3(F)F)c2cncnc2)c(F)c1. The second-order valence-corrected chi connectivity index (χ2v) is 9.49. The van der Waals surface area contributed by atoms with Gasteiger partial charge in [-0.05, 0) is 50.3 Å². The summed E-state index contributed by atoms with van der Waals surface area (Å²) in [5.41, 5.74) is -4.41. The number of nitrogens with zero attached hydrogens (tertiary/aromatic N) is 3. The minimum atomic E-state index is -2.78. The van der Waals surface area contributed by atoms with Crippen molar-refractivity contribution in [2.75, 3.05) is 4.90 Å². The molecule has 1 aromatic heterocycles. The molecule has 1 aromatic carbocycles. The van der Waals surface area contributed by atoms with Crippen LogP contribution in [0.4, 0.5) is 23.2 Å². The standard InChI is InChI=1S/C23H23ClF4N4O2/c1-12-3-4-18(16(25)5-12)32(20(33)19(24)26)22(2,15-9-29-11-30-10-15)21(34)31-17-7-14-6-13(17)8-23(14,27)28/h3-5,9-11,13-14,17,19H,6-8H2,1-2H3,(H,31,34)/t13?,14?,17-,19+,22+/m1/s1. The van der Waals surface area contributed by atoms with E-state index in [4.69, 9.17) is 11.6 Å². The molecule has 0 aliphatic heterocycles. The molecule has 2 fully saturated rings. The molecular weight excluding hydrogens is 476 g/mol. The highest BCUT2D eigenvalue weighted by Gasteiger charge is 2.58. The van der Waals surface area contributed by atoms with E-state index in [9.17, 15) is 22.8 Å². The lowest BCUT2D eigenvalue weighted by Crippen LogP contribution is -2.60. The zero-order chi connectivity index (χ0) is 24.8. The van der Waals surface area contributed by atoms with Crippen LogP contribution in [-0.4, -0.2) is 39.4 Å². The summed E-state index contributed by atoms with van der Waals surface area (Å²) >= 11 is 5.48. The van der Waals surface area contributed by atoms with E-state index in [2.05, 4.69) is 15.3 Å². The Morgan fingerprint density at radius 3 is 2.47 bits per heavy atom. The van der Waals surface area contributed by atoms with Crippen LogP contribution in [0, 0.1) is 24.6 Å². The van der Waals surface area contributed by atoms with E-state index >= 15 is 4.39 Å². The maximum absolute atomic E-state index is 15.0. The second-order valence-electron chi connectivity index (χ2n) is 9.10. The Balaban J connectivity index is 1.78. The second kappa shape index (κ2) is 8.79. The first-order valence-electron chi connectivity index (χ1n) is 10.8. The lowest BCUT2D eigenvalue weighted by Gasteiger charge is -2.41. The molecule has 1 heterocycles. The fourth-order valence-corrected chi connectivity index (χ4v) is 5.18. The number of anilines is 1. The average molecular weight is 499 g/mol. The highest BCUT2D eigenvalue weighted by molar-refractivity contribution is 6.32. The maximum atomic E-state index is 15.0. The van der Waals surface area contributed by atoms with Crippen molar-refractivity contribution in [2.45, 2.75) is 56.2 Å². The summed E-state index contributed by atoms with van der Waals surface area (Å²) in [4.78, 5) is 35.2. The Morgan fingerprint density at radius 1 is 1.26 bits per heavy atom. The number of benzene rings is 1. The van der Waals surface area contributed by atoms with Gasteiger partial charge < -0.3 is 5.32 Å². The first-order valence-corrected chi connectivity index (χ1v) is 11.2. The molecule has 2 aliphatic rings. The third-order valence-corrected chi connectivity index (χ3v) is 7.09. The van der Waals surface area contributed by atoms with Crippen molar-refractivity contribution in [2.24, 2.45) is 11.8 Å². The summed E-state index contributed by atoms with van der Waals surface area (Å²) in [5, 5.41) is 2.75. The summed E-state index contributed by atoms with van der Waals surface area (Å²) in [5.74, 6) is -7.13. The molecule has 2 saturated carbocycles. The molecular formula is C23H23ClF4N4O2. The van der Waals surface area contributed by atoms with E-state index in [1.54, 1.807) is 6.92 Å². The van der Waals surface area contributed by atoms with Crippen LogP contribution in [0.15, 0.2) is 36.9 Å². The van der Waals surface area contributed by atoms with Crippen molar-refractivity contribution in [1.29, 1.82) is 0 Å². The quantitative estimate of drug-likeness (QED) is 0.477. The fraction of sp³-hybridized carbons (Fsp3) is 0.478. The average Bonchev–Trinajstić information content (AvgIpc) is 3.31. The van der Waals surface area contributed by atoms with E-state index in [1.165, 1.54) is 37.8 Å². The van der Waals surface area contributed by atoms with Crippen LogP contribution in [0.5, 0.6) is 0 Å². The van der Waals surface area contributed by atoms with Gasteiger partial charge in [-0.1, -0.05) is 17.7 Å². The number of hydrogen-bond donors (Lipinski definition) is 1. The Bertz CT molecular complexity index is 1100. The smallest absolute Gasteiger partial charge is 0.278 e. The topological polar surface area (TPSA) is 75.2 Å². The van der Waals surface area contributed by atoms with Crippen molar-refractivity contribution in [3.63, 3.8) is 0 Å². The van der Waals surface area contributed by atoms with Gasteiger partial charge in [0.05, 0.1) is 5.69 Å². The van der Waals surface area contributed by atoms with E-state index in [1.807, 2.05) is 0 Å². The van der Waals surface area contributed by atoms with E-state index in [0.29, 0.717) is 10.5 Å². The van der Waals surface area contributed by atoms with Crippen LogP contribution in [0.2, 0.25) is 0 Å². The molecule has 34 heavy (non-hydrogen) atoms. The van der Waals surface area contributed by atoms with Crippen LogP contribution < -0.4 is 10.2 Å². The third kappa shape index (κ3) is 4.12. The summed E-state index contributed by atoms with van der Waals surface area (Å²) in [6.45, 7) is 2.92. The lowest BCUT2D eigenvalue weighted by molar-refractivity contribution is -0.132. The van der Waals surface area contributed by atoms with Gasteiger partial charge in [0.1, 0.15) is 12.1 Å². The molecule has 182 valence electrons. The van der Waals surface area contributed by atoms with Gasteiger partial charge in [-0.15, -0.1) is 0 Å². The minimum absolute atomic E-state index is 0.0617. The highest BCUT2D eigenvalue weighted by Crippen LogP contribution is 2.53. The largest absolute Gasteiger partial charge is 0.351 e. The molecule has 6 nitrogen and oxygen atoms in total. The Labute approximate surface area is 198 Å². The van der Waals surface area contributed by atoms with Gasteiger partial charge in [0.25, 0.3) is 23.4 Å². The van der Waals surface area contributed by atoms with Crippen LogP contribution in [-0.2, 0) is 15.1 Å². The van der Waals surface area contributed by atoms with Gasteiger partial charge >= 0.3 is 0 Å². The molecule has 0 spiro atoms. The number of carbonyl (C=O) groups excluding carboxylic acids is 2. The van der Waals surface area contributed by atoms with Crippen molar-refractivity contribution in [3.8, 4) is 0 Å². The highest BCUT2D eigenvalue weighted by atomic mass is 35.5. The number of hydrogen-bond acceptors (Lipinski definition) is 4. The molecule has 0 saturated heterocycles. The zero-order valence-electron chi connectivity index (χ0n) is 18.4. The monoisotopic (exact) mass is 498 g/mol. The normalized spacial score (nSPS) is 25.4. The van der Waals surface area contributed by atoms with Crippen LogP contribution in [0.1, 0.15) is 37.3 Å². The van der Waals surface area contributed by atoms with E-state index in [-0.39, 0.29) is 30.5 Å². The number of aryl methyl sites for hydroxylation is 1. The molecule has 0 radical (unpaired) electrons. The minimum Gasteiger partial charge on any atom is -0.351 e. The first kappa shape index (κ1) is 24.4. The molecule has 2 aliphatic carbocycles. The molecule has 11 heteroatoms. The number of rotatable bonds is 6. The molecule has 4 rings (SSSR count). The number of nitrogens with one attached hydrogen (secondary N) is 1. The van der Waals surface area contributed by atoms with Gasteiger partial charge in [0.2, 0.25) is 0 Å². The maximum Gasteiger partial charge on any atom is 0.278 e. The van der Waals surface area contributed by atoms with Crippen molar-refractivity contribution >= 4 is 29.1 Å². The van der Waals surface area contributed by atoms with Gasteiger partial charge in [0.15, 0.2) is 5.54 Å². The molecule has 2 aromatic rings. The predicted molar refractivity (Wildman–Crippen MR) is 116 cm³/mol. The summed E-state index contributed by atoms with van der Waals surface area (Å²) in [7, 11) is 0. The van der Waals surface area contributed by atoms with Crippen molar-refractivity contribution < 1.29 is 27.2 Å².